The van der Waals surface area contributed by atoms with Gasteiger partial charge in [-0.3, -0.25) is 4.79 Å². The topological polar surface area (TPSA) is 55.1 Å². The highest BCUT2D eigenvalue weighted by Crippen LogP contribution is 2.47. The molecule has 5 heteroatoms. The fourth-order valence-electron chi connectivity index (χ4n) is 2.87. The monoisotopic (exact) mass is 364 g/mol. The summed E-state index contributed by atoms with van der Waals surface area (Å²) < 4.78 is 0. The second-order valence-corrected chi connectivity index (χ2v) is 6.97. The zero-order valence-corrected chi connectivity index (χ0v) is 15.2. The number of nitrogens with one attached hydrogen (secondary N) is 1. The van der Waals surface area contributed by atoms with Crippen LogP contribution in [-0.2, 0) is 15.7 Å². The quantitative estimate of drug-likeness (QED) is 0.847. The number of benzene rings is 2. The third kappa shape index (κ3) is 3.75. The first kappa shape index (κ1) is 18.8. The van der Waals surface area contributed by atoms with E-state index in [2.05, 4.69) is 5.32 Å². The number of hydrogen-bond donors (Lipinski definition) is 2. The fraction of sp³-hybridized carbons (Fsp3) is 0.316. The zero-order valence-electron chi connectivity index (χ0n) is 13.6. The molecule has 1 atom stereocenters. The summed E-state index contributed by atoms with van der Waals surface area (Å²) in [6, 6.07) is 17.3. The van der Waals surface area contributed by atoms with Crippen LogP contribution in [0.3, 0.4) is 0 Å². The Bertz CT molecular complexity index is 695. The van der Waals surface area contributed by atoms with E-state index < -0.39 is 5.54 Å². The summed E-state index contributed by atoms with van der Waals surface area (Å²) in [6.07, 6.45) is 2.14. The second kappa shape index (κ2) is 7.14. The number of amides is 1. The van der Waals surface area contributed by atoms with Crippen LogP contribution in [-0.4, -0.2) is 12.5 Å². The lowest BCUT2D eigenvalue weighted by atomic mass is 9.91. The van der Waals surface area contributed by atoms with Gasteiger partial charge in [0, 0.05) is 17.0 Å². The molecule has 0 aliphatic heterocycles. The first-order valence-corrected chi connectivity index (χ1v) is 8.21. The third-order valence-corrected chi connectivity index (χ3v) is 4.99. The van der Waals surface area contributed by atoms with Gasteiger partial charge in [0.1, 0.15) is 5.54 Å². The van der Waals surface area contributed by atoms with Crippen molar-refractivity contribution in [3.63, 3.8) is 0 Å². The Morgan fingerprint density at radius 3 is 2.29 bits per heavy atom. The number of nitrogens with two attached hydrogens (primary N) is 1. The van der Waals surface area contributed by atoms with E-state index in [0.29, 0.717) is 6.54 Å². The average molecular weight is 365 g/mol. The summed E-state index contributed by atoms with van der Waals surface area (Å²) in [7, 11) is 0. The maximum absolute atomic E-state index is 12.6. The van der Waals surface area contributed by atoms with Gasteiger partial charge in [-0.2, -0.15) is 0 Å². The smallest absolute Gasteiger partial charge is 0.244 e. The molecule has 0 aromatic heterocycles. The van der Waals surface area contributed by atoms with Crippen LogP contribution in [0.1, 0.15) is 30.9 Å². The van der Waals surface area contributed by atoms with Crippen molar-refractivity contribution in [1.29, 1.82) is 0 Å². The van der Waals surface area contributed by atoms with E-state index in [0.717, 1.165) is 23.4 Å². The number of carbonyl (C=O) groups excluding carboxylic acids is 1. The molecule has 128 valence electrons. The Kier molecular flexibility index (Phi) is 5.59. The van der Waals surface area contributed by atoms with Crippen LogP contribution in [0.4, 0.5) is 0 Å². The van der Waals surface area contributed by atoms with Gasteiger partial charge in [0.15, 0.2) is 0 Å². The van der Waals surface area contributed by atoms with Gasteiger partial charge in [-0.25, -0.2) is 0 Å². The molecule has 1 amide bonds. The van der Waals surface area contributed by atoms with Crippen LogP contribution in [0.15, 0.2) is 54.6 Å². The SMILES string of the molecule is CC(N)(C(=O)NCC1(c2ccc(Cl)cc2)CC1)c1ccccc1.Cl. The molecule has 1 unspecified atom stereocenters. The molecule has 3 nitrogen and oxygen atoms in total. The Balaban J connectivity index is 0.00000208. The highest BCUT2D eigenvalue weighted by molar-refractivity contribution is 6.30. The molecule has 1 aliphatic rings. The van der Waals surface area contributed by atoms with Gasteiger partial charge in [-0.1, -0.05) is 54.1 Å². The van der Waals surface area contributed by atoms with Crippen molar-refractivity contribution in [3.05, 3.63) is 70.7 Å². The van der Waals surface area contributed by atoms with Gasteiger partial charge in [0.2, 0.25) is 5.91 Å². The van der Waals surface area contributed by atoms with E-state index in [1.165, 1.54) is 5.56 Å². The predicted octanol–water partition coefficient (Wildman–Crippen LogP) is 3.78. The van der Waals surface area contributed by atoms with Crippen molar-refractivity contribution < 1.29 is 4.79 Å². The van der Waals surface area contributed by atoms with E-state index >= 15 is 0 Å². The van der Waals surface area contributed by atoms with E-state index in [4.69, 9.17) is 17.3 Å². The van der Waals surface area contributed by atoms with Crippen LogP contribution >= 0.6 is 24.0 Å². The molecule has 1 fully saturated rings. The first-order valence-electron chi connectivity index (χ1n) is 7.83. The van der Waals surface area contributed by atoms with Crippen molar-refractivity contribution in [2.75, 3.05) is 6.54 Å². The van der Waals surface area contributed by atoms with Gasteiger partial charge in [0.25, 0.3) is 0 Å². The van der Waals surface area contributed by atoms with Gasteiger partial charge in [-0.15, -0.1) is 12.4 Å². The molecule has 0 saturated heterocycles. The Morgan fingerprint density at radius 2 is 1.75 bits per heavy atom. The second-order valence-electron chi connectivity index (χ2n) is 6.54. The fourth-order valence-corrected chi connectivity index (χ4v) is 3.00. The molecular weight excluding hydrogens is 343 g/mol. The van der Waals surface area contributed by atoms with Crippen LogP contribution < -0.4 is 11.1 Å². The van der Waals surface area contributed by atoms with Crippen molar-refractivity contribution in [2.45, 2.75) is 30.7 Å². The van der Waals surface area contributed by atoms with Crippen LogP contribution in [0.2, 0.25) is 5.02 Å². The van der Waals surface area contributed by atoms with Gasteiger partial charge in [0.05, 0.1) is 0 Å². The van der Waals surface area contributed by atoms with Gasteiger partial charge in [-0.05, 0) is 43.0 Å². The van der Waals surface area contributed by atoms with Crippen LogP contribution in [0.25, 0.3) is 0 Å². The summed E-state index contributed by atoms with van der Waals surface area (Å²) in [5.41, 5.74) is 7.30. The van der Waals surface area contributed by atoms with Crippen molar-refractivity contribution in [2.24, 2.45) is 5.73 Å². The number of rotatable bonds is 5. The average Bonchev–Trinajstić information content (AvgIpc) is 3.35. The summed E-state index contributed by atoms with van der Waals surface area (Å²) in [4.78, 5) is 12.6. The van der Waals surface area contributed by atoms with E-state index in [-0.39, 0.29) is 23.7 Å². The zero-order chi connectivity index (χ0) is 16.5. The molecule has 3 N–H and O–H groups in total. The minimum absolute atomic E-state index is 0. The van der Waals surface area contributed by atoms with Crippen LogP contribution in [0.5, 0.6) is 0 Å². The lowest BCUT2D eigenvalue weighted by Crippen LogP contribution is -2.50. The molecule has 1 saturated carbocycles. The summed E-state index contributed by atoms with van der Waals surface area (Å²) in [5.74, 6) is -0.149. The molecule has 0 heterocycles. The Morgan fingerprint density at radius 1 is 1.17 bits per heavy atom. The lowest BCUT2D eigenvalue weighted by molar-refractivity contribution is -0.126. The largest absolute Gasteiger partial charge is 0.353 e. The molecule has 1 aliphatic carbocycles. The summed E-state index contributed by atoms with van der Waals surface area (Å²) in [6.45, 7) is 2.35. The maximum atomic E-state index is 12.6. The predicted molar refractivity (Wildman–Crippen MR) is 101 cm³/mol. The molecule has 2 aromatic rings. The van der Waals surface area contributed by atoms with Crippen molar-refractivity contribution in [1.82, 2.24) is 5.32 Å². The van der Waals surface area contributed by atoms with E-state index in [9.17, 15) is 4.79 Å². The molecular formula is C19H22Cl2N2O. The standard InChI is InChI=1S/C19H21ClN2O.ClH/c1-18(21,14-5-3-2-4-6-14)17(23)22-13-19(11-12-19)15-7-9-16(20)10-8-15;/h2-10H,11-13,21H2,1H3,(H,22,23);1H. The number of halogens is 2. The highest BCUT2D eigenvalue weighted by atomic mass is 35.5. The van der Waals surface area contributed by atoms with Gasteiger partial charge < -0.3 is 11.1 Å². The minimum Gasteiger partial charge on any atom is -0.353 e. The maximum Gasteiger partial charge on any atom is 0.244 e. The van der Waals surface area contributed by atoms with Crippen LogP contribution in [0, 0.1) is 0 Å². The molecule has 3 rings (SSSR count). The summed E-state index contributed by atoms with van der Waals surface area (Å²) >= 11 is 5.95. The molecule has 0 bridgehead atoms. The van der Waals surface area contributed by atoms with Crippen molar-refractivity contribution in [3.8, 4) is 0 Å². The minimum atomic E-state index is -1.03. The normalized spacial score (nSPS) is 17.3. The molecule has 0 radical (unpaired) electrons. The van der Waals surface area contributed by atoms with E-state index in [1.807, 2.05) is 54.6 Å². The number of carbonyl (C=O) groups is 1. The number of hydrogen-bond acceptors (Lipinski definition) is 2. The van der Waals surface area contributed by atoms with E-state index in [1.54, 1.807) is 6.92 Å². The third-order valence-electron chi connectivity index (χ3n) is 4.74. The molecule has 0 spiro atoms. The molecule has 24 heavy (non-hydrogen) atoms. The Hall–Kier alpha value is -1.55. The molecule has 2 aromatic carbocycles. The first-order chi connectivity index (χ1) is 10.9. The van der Waals surface area contributed by atoms with Gasteiger partial charge >= 0.3 is 0 Å². The lowest BCUT2D eigenvalue weighted by Gasteiger charge is -2.26. The van der Waals surface area contributed by atoms with Crippen molar-refractivity contribution >= 4 is 29.9 Å². The summed E-state index contributed by atoms with van der Waals surface area (Å²) in [5, 5.41) is 3.77. The Labute approximate surface area is 154 Å². The highest BCUT2D eigenvalue weighted by Gasteiger charge is 2.45.